The summed E-state index contributed by atoms with van der Waals surface area (Å²) in [6.07, 6.45) is 2.03. The van der Waals surface area contributed by atoms with Gasteiger partial charge in [0.25, 0.3) is 15.7 Å². The van der Waals surface area contributed by atoms with Gasteiger partial charge in [0.2, 0.25) is 0 Å². The summed E-state index contributed by atoms with van der Waals surface area (Å²) in [4.78, 5) is 25.8. The van der Waals surface area contributed by atoms with Crippen LogP contribution in [0.2, 0.25) is 5.02 Å². The van der Waals surface area contributed by atoms with Crippen LogP contribution in [0.3, 0.4) is 0 Å². The second-order valence-corrected chi connectivity index (χ2v) is 16.5. The van der Waals surface area contributed by atoms with E-state index in [4.69, 9.17) is 11.6 Å². The molecule has 0 unspecified atom stereocenters. The van der Waals surface area contributed by atoms with Crippen LogP contribution in [-0.2, 0) is 16.6 Å². The number of anilines is 3. The molecule has 0 aliphatic carbocycles. The molecule has 0 saturated carbocycles. The summed E-state index contributed by atoms with van der Waals surface area (Å²) in [6, 6.07) is 35.8. The maximum Gasteiger partial charge on any atom is 0.293 e. The van der Waals surface area contributed by atoms with Gasteiger partial charge in [0.05, 0.1) is 15.3 Å². The number of nitro benzene ring substituents is 1. The van der Waals surface area contributed by atoms with Gasteiger partial charge in [0.1, 0.15) is 12.0 Å². The standard InChI is InChI=1S/C41H40ClN7O4S2/c1-2-32(27-54-34-11-7-4-8-12-34)45-38-18-15-35(25-40(38)49(50)51)55(52,53)46-41-37-17-14-33(24-39(37)43-28-44-41)48-21-19-47(20-22-48)26-30-23-31(42)13-16-36(30)29-9-5-3-6-10-29/h3-18,23-25,28,32,45H,2,19-22,26-27H2,1H3,(H,43,44,46)/t32-/m0/s1. The van der Waals surface area contributed by atoms with Crippen molar-refractivity contribution in [3.63, 3.8) is 0 Å². The number of benzene rings is 5. The zero-order chi connectivity index (χ0) is 38.4. The van der Waals surface area contributed by atoms with Gasteiger partial charge in [0, 0.05) is 71.6 Å². The second kappa shape index (κ2) is 17.1. The Morgan fingerprint density at radius 1 is 0.891 bits per heavy atom. The van der Waals surface area contributed by atoms with Gasteiger partial charge in [-0.3, -0.25) is 19.7 Å². The Bertz CT molecular complexity index is 2400. The molecule has 1 atom stereocenters. The van der Waals surface area contributed by atoms with Crippen molar-refractivity contribution < 1.29 is 13.3 Å². The number of fused-ring (bicyclic) bond motifs is 1. The van der Waals surface area contributed by atoms with Crippen LogP contribution in [0.25, 0.3) is 22.0 Å². The number of piperazine rings is 1. The van der Waals surface area contributed by atoms with Crippen molar-refractivity contribution in [2.45, 2.75) is 35.7 Å². The summed E-state index contributed by atoms with van der Waals surface area (Å²) >= 11 is 8.06. The van der Waals surface area contributed by atoms with E-state index in [2.05, 4.69) is 54.1 Å². The van der Waals surface area contributed by atoms with E-state index in [0.717, 1.165) is 66.4 Å². The Labute approximate surface area is 330 Å². The zero-order valence-corrected chi connectivity index (χ0v) is 32.5. The Kier molecular flexibility index (Phi) is 11.8. The lowest BCUT2D eigenvalue weighted by Crippen LogP contribution is -2.46. The Morgan fingerprint density at radius 2 is 1.64 bits per heavy atom. The molecule has 1 aliphatic rings. The highest BCUT2D eigenvalue weighted by Gasteiger charge is 2.25. The largest absolute Gasteiger partial charge is 0.376 e. The van der Waals surface area contributed by atoms with Gasteiger partial charge in [-0.15, -0.1) is 11.8 Å². The first kappa shape index (κ1) is 38.1. The number of halogens is 1. The van der Waals surface area contributed by atoms with Crippen LogP contribution in [0.1, 0.15) is 18.9 Å². The number of hydrogen-bond acceptors (Lipinski definition) is 10. The topological polar surface area (TPSA) is 134 Å². The third kappa shape index (κ3) is 9.19. The Hall–Kier alpha value is -5.21. The minimum Gasteiger partial charge on any atom is -0.376 e. The molecule has 282 valence electrons. The smallest absolute Gasteiger partial charge is 0.293 e. The van der Waals surface area contributed by atoms with Crippen LogP contribution in [0.5, 0.6) is 0 Å². The zero-order valence-electron chi connectivity index (χ0n) is 30.1. The molecule has 0 amide bonds. The molecule has 2 N–H and O–H groups in total. The molecule has 0 radical (unpaired) electrons. The van der Waals surface area contributed by atoms with Crippen LogP contribution in [0, 0.1) is 10.1 Å². The fourth-order valence-electron chi connectivity index (χ4n) is 6.65. The average Bonchev–Trinajstić information content (AvgIpc) is 3.20. The molecule has 1 fully saturated rings. The molecule has 5 aromatic carbocycles. The van der Waals surface area contributed by atoms with Gasteiger partial charge in [0.15, 0.2) is 5.82 Å². The molecule has 55 heavy (non-hydrogen) atoms. The van der Waals surface area contributed by atoms with Crippen molar-refractivity contribution in [1.29, 1.82) is 0 Å². The first-order valence-electron chi connectivity index (χ1n) is 18.0. The number of nitrogens with one attached hydrogen (secondary N) is 2. The average molecular weight is 794 g/mol. The van der Waals surface area contributed by atoms with Crippen molar-refractivity contribution in [1.82, 2.24) is 14.9 Å². The van der Waals surface area contributed by atoms with E-state index in [-0.39, 0.29) is 28.1 Å². The van der Waals surface area contributed by atoms with E-state index in [0.29, 0.717) is 16.7 Å². The molecule has 11 nitrogen and oxygen atoms in total. The Balaban J connectivity index is 1.02. The minimum atomic E-state index is -4.24. The number of nitro groups is 1. The highest BCUT2D eigenvalue weighted by molar-refractivity contribution is 7.99. The first-order chi connectivity index (χ1) is 26.7. The second-order valence-electron chi connectivity index (χ2n) is 13.3. The van der Waals surface area contributed by atoms with Crippen LogP contribution in [-0.4, -0.2) is 66.2 Å². The number of rotatable bonds is 14. The lowest BCUT2D eigenvalue weighted by Gasteiger charge is -2.36. The molecule has 1 aliphatic heterocycles. The predicted molar refractivity (Wildman–Crippen MR) is 223 cm³/mol. The maximum absolute atomic E-state index is 13.6. The number of sulfonamides is 1. The van der Waals surface area contributed by atoms with Crippen molar-refractivity contribution in [3.05, 3.63) is 142 Å². The molecule has 7 rings (SSSR count). The van der Waals surface area contributed by atoms with E-state index in [1.54, 1.807) is 17.8 Å². The van der Waals surface area contributed by atoms with E-state index in [1.807, 2.05) is 73.7 Å². The fraction of sp³-hybridized carbons (Fsp3) is 0.220. The molecule has 1 aromatic heterocycles. The van der Waals surface area contributed by atoms with Crippen molar-refractivity contribution in [3.8, 4) is 11.1 Å². The van der Waals surface area contributed by atoms with Gasteiger partial charge in [-0.1, -0.05) is 73.1 Å². The van der Waals surface area contributed by atoms with Crippen molar-refractivity contribution in [2.75, 3.05) is 46.9 Å². The third-order valence-corrected chi connectivity index (χ3v) is 12.4. The van der Waals surface area contributed by atoms with E-state index >= 15 is 0 Å². The number of hydrogen-bond donors (Lipinski definition) is 2. The summed E-state index contributed by atoms with van der Waals surface area (Å²) in [5.74, 6) is 0.767. The normalized spacial score (nSPS) is 14.1. The molecular weight excluding hydrogens is 754 g/mol. The number of thioether (sulfide) groups is 1. The number of aromatic nitrogens is 2. The van der Waals surface area contributed by atoms with Crippen LogP contribution < -0.4 is 14.9 Å². The summed E-state index contributed by atoms with van der Waals surface area (Å²) < 4.78 is 29.8. The molecule has 14 heteroatoms. The quantitative estimate of drug-likeness (QED) is 0.0626. The molecule has 1 saturated heterocycles. The highest BCUT2D eigenvalue weighted by Crippen LogP contribution is 2.33. The molecule has 0 bridgehead atoms. The maximum atomic E-state index is 13.6. The molecular formula is C41H40ClN7O4S2. The van der Waals surface area contributed by atoms with Crippen molar-refractivity contribution in [2.24, 2.45) is 0 Å². The molecule has 2 heterocycles. The lowest BCUT2D eigenvalue weighted by atomic mass is 9.99. The summed E-state index contributed by atoms with van der Waals surface area (Å²) in [7, 11) is -4.24. The van der Waals surface area contributed by atoms with E-state index < -0.39 is 14.9 Å². The highest BCUT2D eigenvalue weighted by atomic mass is 35.5. The monoisotopic (exact) mass is 793 g/mol. The SMILES string of the molecule is CC[C@@H](CSc1ccccc1)Nc1ccc(S(=O)(=O)Nc2ncnc3cc(N4CCN(Cc5cc(Cl)ccc5-c5ccccc5)CC4)ccc23)cc1[N+](=O)[O-]. The summed E-state index contributed by atoms with van der Waals surface area (Å²) in [6.45, 7) is 6.07. The molecule has 6 aromatic rings. The van der Waals surface area contributed by atoms with Gasteiger partial charge < -0.3 is 10.2 Å². The Morgan fingerprint density at radius 3 is 2.36 bits per heavy atom. The van der Waals surface area contributed by atoms with Crippen LogP contribution in [0.4, 0.5) is 22.9 Å². The van der Waals surface area contributed by atoms with Gasteiger partial charge in [-0.05, 0) is 77.7 Å². The van der Waals surface area contributed by atoms with E-state index in [9.17, 15) is 18.5 Å². The third-order valence-electron chi connectivity index (χ3n) is 9.66. The number of nitrogens with zero attached hydrogens (tertiary/aromatic N) is 5. The van der Waals surface area contributed by atoms with Gasteiger partial charge in [-0.25, -0.2) is 18.4 Å². The van der Waals surface area contributed by atoms with Gasteiger partial charge in [-0.2, -0.15) is 0 Å². The summed E-state index contributed by atoms with van der Waals surface area (Å²) in [5.41, 5.74) is 5.00. The van der Waals surface area contributed by atoms with Crippen LogP contribution in [0.15, 0.2) is 131 Å². The predicted octanol–water partition coefficient (Wildman–Crippen LogP) is 8.96. The van der Waals surface area contributed by atoms with Crippen molar-refractivity contribution >= 4 is 67.2 Å². The van der Waals surface area contributed by atoms with E-state index in [1.165, 1.54) is 29.6 Å². The van der Waals surface area contributed by atoms with Crippen LogP contribution >= 0.6 is 23.4 Å². The lowest BCUT2D eigenvalue weighted by molar-refractivity contribution is -0.384. The van der Waals surface area contributed by atoms with Gasteiger partial charge >= 0.3 is 0 Å². The minimum absolute atomic E-state index is 0.0762. The fourth-order valence-corrected chi connectivity index (χ4v) is 8.96. The first-order valence-corrected chi connectivity index (χ1v) is 20.8. The molecule has 0 spiro atoms. The summed E-state index contributed by atoms with van der Waals surface area (Å²) in [5, 5.41) is 16.6.